The van der Waals surface area contributed by atoms with Crippen molar-refractivity contribution in [3.63, 3.8) is 0 Å². The van der Waals surface area contributed by atoms with E-state index in [2.05, 4.69) is 36.2 Å². The maximum atomic E-state index is 10.8. The molecule has 1 fully saturated rings. The zero-order valence-electron chi connectivity index (χ0n) is 10.9. The van der Waals surface area contributed by atoms with E-state index in [9.17, 15) is 4.79 Å². The Bertz CT molecular complexity index is 434. The van der Waals surface area contributed by atoms with Crippen LogP contribution in [0.25, 0.3) is 0 Å². The molecule has 2 atom stereocenters. The van der Waals surface area contributed by atoms with Crippen LogP contribution in [-0.4, -0.2) is 36.2 Å². The SMILES string of the molecule is Cc1ccccc1N1CC(CC(=O)O)NCC1C. The lowest BCUT2D eigenvalue weighted by Gasteiger charge is -2.40. The molecule has 1 aliphatic rings. The highest BCUT2D eigenvalue weighted by Gasteiger charge is 2.27. The van der Waals surface area contributed by atoms with Crippen LogP contribution in [0.5, 0.6) is 0 Å². The van der Waals surface area contributed by atoms with Gasteiger partial charge in [0.1, 0.15) is 0 Å². The number of nitrogens with zero attached hydrogens (tertiary/aromatic N) is 1. The first-order chi connectivity index (χ1) is 8.58. The summed E-state index contributed by atoms with van der Waals surface area (Å²) in [5, 5.41) is 12.2. The van der Waals surface area contributed by atoms with Crippen LogP contribution >= 0.6 is 0 Å². The zero-order valence-corrected chi connectivity index (χ0v) is 10.9. The number of aliphatic carboxylic acids is 1. The van der Waals surface area contributed by atoms with E-state index in [0.29, 0.717) is 6.04 Å². The maximum Gasteiger partial charge on any atom is 0.304 e. The molecule has 2 unspecified atom stereocenters. The Morgan fingerprint density at radius 1 is 1.50 bits per heavy atom. The standard InChI is InChI=1S/C14H20N2O2/c1-10-5-3-4-6-13(10)16-9-12(7-14(17)18)15-8-11(16)2/h3-6,11-12,15H,7-9H2,1-2H3,(H,17,18). The summed E-state index contributed by atoms with van der Waals surface area (Å²) >= 11 is 0. The third kappa shape index (κ3) is 2.82. The molecule has 1 aliphatic heterocycles. The smallest absolute Gasteiger partial charge is 0.304 e. The summed E-state index contributed by atoms with van der Waals surface area (Å²) < 4.78 is 0. The van der Waals surface area contributed by atoms with Gasteiger partial charge in [-0.1, -0.05) is 18.2 Å². The number of carboxylic acids is 1. The first-order valence-corrected chi connectivity index (χ1v) is 6.35. The lowest BCUT2D eigenvalue weighted by molar-refractivity contribution is -0.137. The normalized spacial score (nSPS) is 24.0. The van der Waals surface area contributed by atoms with Gasteiger partial charge in [0.15, 0.2) is 0 Å². The van der Waals surface area contributed by atoms with Crippen LogP contribution in [0.4, 0.5) is 5.69 Å². The Kier molecular flexibility index (Phi) is 3.87. The van der Waals surface area contributed by atoms with Crippen LogP contribution in [0.2, 0.25) is 0 Å². The second-order valence-electron chi connectivity index (χ2n) is 4.99. The van der Waals surface area contributed by atoms with Crippen LogP contribution in [0.3, 0.4) is 0 Å². The molecule has 0 aliphatic carbocycles. The van der Waals surface area contributed by atoms with E-state index in [4.69, 9.17) is 5.11 Å². The van der Waals surface area contributed by atoms with Crippen molar-refractivity contribution in [2.45, 2.75) is 32.4 Å². The first kappa shape index (κ1) is 12.9. The fraction of sp³-hybridized carbons (Fsp3) is 0.500. The number of benzene rings is 1. The average Bonchev–Trinajstić information content (AvgIpc) is 2.32. The highest BCUT2D eigenvalue weighted by molar-refractivity contribution is 5.68. The molecule has 1 heterocycles. The van der Waals surface area contributed by atoms with E-state index in [1.54, 1.807) is 0 Å². The molecule has 2 rings (SSSR count). The van der Waals surface area contributed by atoms with Gasteiger partial charge < -0.3 is 15.3 Å². The summed E-state index contributed by atoms with van der Waals surface area (Å²) in [4.78, 5) is 13.1. The molecule has 1 saturated heterocycles. The first-order valence-electron chi connectivity index (χ1n) is 6.35. The Morgan fingerprint density at radius 2 is 2.22 bits per heavy atom. The molecule has 4 nitrogen and oxygen atoms in total. The molecule has 98 valence electrons. The molecule has 0 saturated carbocycles. The average molecular weight is 248 g/mol. The predicted octanol–water partition coefficient (Wildman–Crippen LogP) is 1.64. The van der Waals surface area contributed by atoms with E-state index < -0.39 is 5.97 Å². The predicted molar refractivity (Wildman–Crippen MR) is 72.0 cm³/mol. The van der Waals surface area contributed by atoms with Crippen LogP contribution < -0.4 is 10.2 Å². The van der Waals surface area contributed by atoms with Gasteiger partial charge in [-0.3, -0.25) is 4.79 Å². The van der Waals surface area contributed by atoms with Crippen LogP contribution in [-0.2, 0) is 4.79 Å². The van der Waals surface area contributed by atoms with Gasteiger partial charge in [0, 0.05) is 30.9 Å². The van der Waals surface area contributed by atoms with E-state index >= 15 is 0 Å². The van der Waals surface area contributed by atoms with Gasteiger partial charge in [0.05, 0.1) is 6.42 Å². The summed E-state index contributed by atoms with van der Waals surface area (Å²) in [6.45, 7) is 5.83. The molecule has 1 aromatic carbocycles. The summed E-state index contributed by atoms with van der Waals surface area (Å²) in [5.74, 6) is -0.744. The third-order valence-corrected chi connectivity index (χ3v) is 3.50. The van der Waals surface area contributed by atoms with Crippen molar-refractivity contribution in [2.75, 3.05) is 18.0 Å². The van der Waals surface area contributed by atoms with Crippen molar-refractivity contribution in [2.24, 2.45) is 0 Å². The van der Waals surface area contributed by atoms with Gasteiger partial charge in [-0.25, -0.2) is 0 Å². The van der Waals surface area contributed by atoms with Gasteiger partial charge in [-0.15, -0.1) is 0 Å². The lowest BCUT2D eigenvalue weighted by atomic mass is 10.0. The molecule has 0 bridgehead atoms. The lowest BCUT2D eigenvalue weighted by Crippen LogP contribution is -2.56. The molecule has 4 heteroatoms. The molecule has 2 N–H and O–H groups in total. The Morgan fingerprint density at radius 3 is 2.89 bits per heavy atom. The van der Waals surface area contributed by atoms with Crippen molar-refractivity contribution in [3.05, 3.63) is 29.8 Å². The fourth-order valence-electron chi connectivity index (χ4n) is 2.50. The molecule has 0 spiro atoms. The Hall–Kier alpha value is -1.55. The van der Waals surface area contributed by atoms with Gasteiger partial charge in [-0.05, 0) is 25.5 Å². The number of aryl methyl sites for hydroxylation is 1. The number of carboxylic acid groups (broad SMARTS) is 1. The minimum Gasteiger partial charge on any atom is -0.481 e. The number of piperazine rings is 1. The number of rotatable bonds is 3. The number of hydrogen-bond donors (Lipinski definition) is 2. The zero-order chi connectivity index (χ0) is 13.1. The number of para-hydroxylation sites is 1. The van der Waals surface area contributed by atoms with Gasteiger partial charge >= 0.3 is 5.97 Å². The third-order valence-electron chi connectivity index (χ3n) is 3.50. The molecule has 1 aromatic rings. The van der Waals surface area contributed by atoms with Crippen molar-refractivity contribution in [1.82, 2.24) is 5.32 Å². The van der Waals surface area contributed by atoms with Crippen LogP contribution in [0, 0.1) is 6.92 Å². The maximum absolute atomic E-state index is 10.8. The summed E-state index contributed by atoms with van der Waals surface area (Å²) in [6, 6.07) is 8.67. The van der Waals surface area contributed by atoms with Gasteiger partial charge in [0.2, 0.25) is 0 Å². The second kappa shape index (κ2) is 5.40. The topological polar surface area (TPSA) is 52.6 Å². The number of nitrogens with one attached hydrogen (secondary N) is 1. The summed E-state index contributed by atoms with van der Waals surface area (Å²) in [5.41, 5.74) is 2.45. The highest BCUT2D eigenvalue weighted by Crippen LogP contribution is 2.24. The van der Waals surface area contributed by atoms with Gasteiger partial charge in [-0.2, -0.15) is 0 Å². The Balaban J connectivity index is 2.15. The van der Waals surface area contributed by atoms with Crippen LogP contribution in [0.1, 0.15) is 18.9 Å². The van der Waals surface area contributed by atoms with E-state index in [1.165, 1.54) is 11.3 Å². The molecule has 0 aromatic heterocycles. The molecular formula is C14H20N2O2. The molecular weight excluding hydrogens is 228 g/mol. The summed E-state index contributed by atoms with van der Waals surface area (Å²) in [7, 11) is 0. The highest BCUT2D eigenvalue weighted by atomic mass is 16.4. The minimum absolute atomic E-state index is 0.0262. The number of anilines is 1. The van der Waals surface area contributed by atoms with Gasteiger partial charge in [0.25, 0.3) is 0 Å². The minimum atomic E-state index is -0.744. The van der Waals surface area contributed by atoms with E-state index in [0.717, 1.165) is 13.1 Å². The Labute approximate surface area is 108 Å². The van der Waals surface area contributed by atoms with Crippen molar-refractivity contribution < 1.29 is 9.90 Å². The van der Waals surface area contributed by atoms with Crippen molar-refractivity contribution >= 4 is 11.7 Å². The monoisotopic (exact) mass is 248 g/mol. The molecule has 0 radical (unpaired) electrons. The second-order valence-corrected chi connectivity index (χ2v) is 4.99. The largest absolute Gasteiger partial charge is 0.481 e. The van der Waals surface area contributed by atoms with Crippen LogP contribution in [0.15, 0.2) is 24.3 Å². The number of hydrogen-bond acceptors (Lipinski definition) is 3. The summed E-state index contributed by atoms with van der Waals surface area (Å²) in [6.07, 6.45) is 0.176. The number of carbonyl (C=O) groups is 1. The van der Waals surface area contributed by atoms with Crippen molar-refractivity contribution in [3.8, 4) is 0 Å². The molecule has 0 amide bonds. The quantitative estimate of drug-likeness (QED) is 0.854. The fourth-order valence-corrected chi connectivity index (χ4v) is 2.50. The van der Waals surface area contributed by atoms with E-state index in [1.807, 2.05) is 12.1 Å². The molecule has 18 heavy (non-hydrogen) atoms. The van der Waals surface area contributed by atoms with Crippen molar-refractivity contribution in [1.29, 1.82) is 0 Å². The van der Waals surface area contributed by atoms with E-state index in [-0.39, 0.29) is 12.5 Å².